The Morgan fingerprint density at radius 2 is 1.72 bits per heavy atom. The highest BCUT2D eigenvalue weighted by Gasteiger charge is 2.29. The molecule has 0 aromatic heterocycles. The molecule has 0 radical (unpaired) electrons. The molecule has 0 fully saturated rings. The molecule has 2 aromatic rings. The molecule has 0 spiro atoms. The number of halogens is 1. The lowest BCUT2D eigenvalue weighted by atomic mass is 10.2. The fourth-order valence-corrected chi connectivity index (χ4v) is 4.02. The fraction of sp³-hybridized carbons (Fsp3) is 0.263. The van der Waals surface area contributed by atoms with E-state index in [4.69, 9.17) is 16.3 Å². The highest BCUT2D eigenvalue weighted by Crippen LogP contribution is 2.25. The summed E-state index contributed by atoms with van der Waals surface area (Å²) >= 11 is 5.97. The first-order valence-electron chi connectivity index (χ1n) is 8.40. The van der Waals surface area contributed by atoms with E-state index in [1.807, 2.05) is 0 Å². The minimum absolute atomic E-state index is 0.0785. The van der Waals surface area contributed by atoms with Crippen molar-refractivity contribution in [3.05, 3.63) is 53.1 Å². The number of anilines is 2. The SMILES string of the molecule is COC(=O)c1cc(NC(=O)[C@H](C)N(c2ccc(OC)cc2)S(C)(=O)=O)ccc1Cl. The zero-order chi connectivity index (χ0) is 21.8. The van der Waals surface area contributed by atoms with Crippen molar-refractivity contribution in [2.45, 2.75) is 13.0 Å². The lowest BCUT2D eigenvalue weighted by Crippen LogP contribution is -2.45. The standard InChI is InChI=1S/C19H21ClN2O6S/c1-12(22(29(4,25)26)14-6-8-15(27-2)9-7-14)18(23)21-13-5-10-17(20)16(11-13)19(24)28-3/h5-12H,1-4H3,(H,21,23)/t12-/m0/s1. The second-order valence-electron chi connectivity index (χ2n) is 6.11. The van der Waals surface area contributed by atoms with Gasteiger partial charge < -0.3 is 14.8 Å². The molecule has 0 unspecified atom stereocenters. The summed E-state index contributed by atoms with van der Waals surface area (Å²) < 4.78 is 35.4. The predicted octanol–water partition coefficient (Wildman–Crippen LogP) is 2.93. The van der Waals surface area contributed by atoms with Crippen molar-refractivity contribution < 1.29 is 27.5 Å². The van der Waals surface area contributed by atoms with E-state index in [0.717, 1.165) is 10.6 Å². The van der Waals surface area contributed by atoms with E-state index in [2.05, 4.69) is 10.1 Å². The molecule has 1 amide bonds. The Labute approximate surface area is 174 Å². The van der Waals surface area contributed by atoms with Gasteiger partial charge in [-0.05, 0) is 49.4 Å². The third-order valence-electron chi connectivity index (χ3n) is 4.05. The van der Waals surface area contributed by atoms with Crippen molar-refractivity contribution in [1.29, 1.82) is 0 Å². The van der Waals surface area contributed by atoms with E-state index in [0.29, 0.717) is 11.4 Å². The summed E-state index contributed by atoms with van der Waals surface area (Å²) in [7, 11) is -1.06. The Morgan fingerprint density at radius 3 is 2.24 bits per heavy atom. The molecular weight excluding hydrogens is 420 g/mol. The highest BCUT2D eigenvalue weighted by atomic mass is 35.5. The minimum atomic E-state index is -3.77. The van der Waals surface area contributed by atoms with Gasteiger partial charge >= 0.3 is 5.97 Å². The molecule has 0 saturated heterocycles. The van der Waals surface area contributed by atoms with E-state index >= 15 is 0 Å². The van der Waals surface area contributed by atoms with Crippen molar-refractivity contribution in [3.63, 3.8) is 0 Å². The van der Waals surface area contributed by atoms with Crippen LogP contribution in [-0.2, 0) is 19.6 Å². The van der Waals surface area contributed by atoms with Crippen molar-refractivity contribution in [2.24, 2.45) is 0 Å². The number of nitrogens with one attached hydrogen (secondary N) is 1. The summed E-state index contributed by atoms with van der Waals surface area (Å²) in [6, 6.07) is 9.50. The lowest BCUT2D eigenvalue weighted by Gasteiger charge is -2.28. The average molecular weight is 441 g/mol. The van der Waals surface area contributed by atoms with Gasteiger partial charge in [0.1, 0.15) is 11.8 Å². The molecule has 0 saturated carbocycles. The van der Waals surface area contributed by atoms with Crippen molar-refractivity contribution in [3.8, 4) is 5.75 Å². The number of carbonyl (C=O) groups is 2. The van der Waals surface area contributed by atoms with Crippen LogP contribution in [0.3, 0.4) is 0 Å². The second kappa shape index (κ2) is 9.15. The molecule has 0 bridgehead atoms. The van der Waals surface area contributed by atoms with Gasteiger partial charge in [-0.1, -0.05) is 11.6 Å². The van der Waals surface area contributed by atoms with Crippen LogP contribution in [0.5, 0.6) is 5.75 Å². The number of carbonyl (C=O) groups excluding carboxylic acids is 2. The third-order valence-corrected chi connectivity index (χ3v) is 5.63. The smallest absolute Gasteiger partial charge is 0.339 e. The maximum absolute atomic E-state index is 12.7. The van der Waals surface area contributed by atoms with Crippen LogP contribution in [0.4, 0.5) is 11.4 Å². The highest BCUT2D eigenvalue weighted by molar-refractivity contribution is 7.92. The molecule has 0 heterocycles. The Morgan fingerprint density at radius 1 is 1.10 bits per heavy atom. The fourth-order valence-electron chi connectivity index (χ4n) is 2.65. The molecule has 0 aliphatic heterocycles. The van der Waals surface area contributed by atoms with Crippen molar-refractivity contribution in [2.75, 3.05) is 30.1 Å². The van der Waals surface area contributed by atoms with Gasteiger partial charge in [-0.2, -0.15) is 0 Å². The van der Waals surface area contributed by atoms with Crippen LogP contribution in [0.25, 0.3) is 0 Å². The number of methoxy groups -OCH3 is 2. The quantitative estimate of drug-likeness (QED) is 0.664. The number of ether oxygens (including phenoxy) is 2. The third kappa shape index (κ3) is 5.39. The van der Waals surface area contributed by atoms with Gasteiger partial charge in [-0.3, -0.25) is 9.10 Å². The van der Waals surface area contributed by atoms with Gasteiger partial charge in [0.25, 0.3) is 0 Å². The Bertz CT molecular complexity index is 1010. The normalized spacial score (nSPS) is 12.0. The van der Waals surface area contributed by atoms with Crippen LogP contribution in [0, 0.1) is 0 Å². The van der Waals surface area contributed by atoms with E-state index < -0.39 is 27.9 Å². The first-order valence-corrected chi connectivity index (χ1v) is 10.6. The summed E-state index contributed by atoms with van der Waals surface area (Å²) in [6.07, 6.45) is 1.01. The monoisotopic (exact) mass is 440 g/mol. The number of nitrogens with zero attached hydrogens (tertiary/aromatic N) is 1. The lowest BCUT2D eigenvalue weighted by molar-refractivity contribution is -0.116. The maximum Gasteiger partial charge on any atom is 0.339 e. The van der Waals surface area contributed by atoms with Gasteiger partial charge in [0, 0.05) is 5.69 Å². The largest absolute Gasteiger partial charge is 0.497 e. The molecule has 1 N–H and O–H groups in total. The van der Waals surface area contributed by atoms with Gasteiger partial charge in [0.15, 0.2) is 0 Å². The molecule has 10 heteroatoms. The zero-order valence-corrected chi connectivity index (χ0v) is 17.9. The molecule has 0 aliphatic rings. The Hall–Kier alpha value is -2.78. The summed E-state index contributed by atoms with van der Waals surface area (Å²) in [5.74, 6) is -0.699. The summed E-state index contributed by atoms with van der Waals surface area (Å²) in [5, 5.41) is 2.76. The number of hydrogen-bond acceptors (Lipinski definition) is 6. The zero-order valence-electron chi connectivity index (χ0n) is 16.3. The van der Waals surface area contributed by atoms with Crippen LogP contribution in [0.1, 0.15) is 17.3 Å². The topological polar surface area (TPSA) is 102 Å². The van der Waals surface area contributed by atoms with E-state index in [9.17, 15) is 18.0 Å². The van der Waals surface area contributed by atoms with Crippen molar-refractivity contribution in [1.82, 2.24) is 0 Å². The Balaban J connectivity index is 2.31. The second-order valence-corrected chi connectivity index (χ2v) is 8.37. The number of rotatable bonds is 7. The molecule has 29 heavy (non-hydrogen) atoms. The molecule has 1 atom stereocenters. The molecule has 2 rings (SSSR count). The summed E-state index contributed by atoms with van der Waals surface area (Å²) in [6.45, 7) is 1.46. The molecule has 8 nitrogen and oxygen atoms in total. The van der Waals surface area contributed by atoms with Crippen LogP contribution in [0.15, 0.2) is 42.5 Å². The summed E-state index contributed by atoms with van der Waals surface area (Å²) in [4.78, 5) is 24.5. The van der Waals surface area contributed by atoms with E-state index in [-0.39, 0.29) is 16.3 Å². The number of sulfonamides is 1. The number of benzene rings is 2. The minimum Gasteiger partial charge on any atom is -0.497 e. The van der Waals surface area contributed by atoms with Gasteiger partial charge in [-0.25, -0.2) is 13.2 Å². The van der Waals surface area contributed by atoms with E-state index in [1.54, 1.807) is 24.3 Å². The predicted molar refractivity (Wildman–Crippen MR) is 111 cm³/mol. The average Bonchev–Trinajstić information content (AvgIpc) is 2.68. The van der Waals surface area contributed by atoms with E-state index in [1.165, 1.54) is 39.3 Å². The molecule has 156 valence electrons. The first-order chi connectivity index (χ1) is 13.6. The van der Waals surface area contributed by atoms with Gasteiger partial charge in [-0.15, -0.1) is 0 Å². The first kappa shape index (κ1) is 22.5. The van der Waals surface area contributed by atoms with Gasteiger partial charge in [0.2, 0.25) is 15.9 Å². The van der Waals surface area contributed by atoms with Crippen molar-refractivity contribution >= 4 is 44.9 Å². The summed E-state index contributed by atoms with van der Waals surface area (Å²) in [5.41, 5.74) is 0.659. The van der Waals surface area contributed by atoms with Crippen LogP contribution < -0.4 is 14.4 Å². The number of amides is 1. The molecule has 0 aliphatic carbocycles. The van der Waals surface area contributed by atoms with Crippen LogP contribution in [0.2, 0.25) is 5.02 Å². The van der Waals surface area contributed by atoms with Crippen LogP contribution in [-0.4, -0.2) is 46.8 Å². The molecular formula is C19H21ClN2O6S. The molecule has 2 aromatic carbocycles. The Kier molecular flexibility index (Phi) is 7.10. The number of hydrogen-bond donors (Lipinski definition) is 1. The van der Waals surface area contributed by atoms with Gasteiger partial charge in [0.05, 0.1) is 36.7 Å². The number of esters is 1. The van der Waals surface area contributed by atoms with Crippen LogP contribution >= 0.6 is 11.6 Å². The maximum atomic E-state index is 12.7.